The molecule has 21 heavy (non-hydrogen) atoms. The van der Waals surface area contributed by atoms with Gasteiger partial charge in [0.15, 0.2) is 6.29 Å². The number of aliphatic hydroxyl groups excluding tert-OH is 1. The zero-order valence-electron chi connectivity index (χ0n) is 11.2. The second-order valence-electron chi connectivity index (χ2n) is 5.22. The van der Waals surface area contributed by atoms with Gasteiger partial charge in [0.25, 0.3) is 0 Å². The predicted molar refractivity (Wildman–Crippen MR) is 74.6 cm³/mol. The number of hydrogen-bond donors (Lipinski definition) is 2. The lowest BCUT2D eigenvalue weighted by Crippen LogP contribution is -2.57. The molecule has 2 bridgehead atoms. The molecule has 7 nitrogen and oxygen atoms in total. The highest BCUT2D eigenvalue weighted by atomic mass is 32.1. The Kier molecular flexibility index (Phi) is 3.48. The molecule has 2 aromatic rings. The number of thiophene rings is 1. The first kappa shape index (κ1) is 13.4. The Balaban J connectivity index is 1.53. The fourth-order valence-corrected chi connectivity index (χ4v) is 3.59. The minimum atomic E-state index is -0.641. The van der Waals surface area contributed by atoms with Gasteiger partial charge in [-0.05, 0) is 11.4 Å². The number of nitrogens with one attached hydrogen (secondary N) is 1. The van der Waals surface area contributed by atoms with E-state index in [1.54, 1.807) is 22.3 Å². The van der Waals surface area contributed by atoms with Gasteiger partial charge in [0, 0.05) is 11.4 Å². The first-order valence-electron chi connectivity index (χ1n) is 6.88. The summed E-state index contributed by atoms with van der Waals surface area (Å²) in [6, 6.07) is 3.51. The molecule has 2 saturated heterocycles. The van der Waals surface area contributed by atoms with Gasteiger partial charge in [-0.1, -0.05) is 6.07 Å². The molecule has 2 aliphatic heterocycles. The molecule has 4 rings (SSSR count). The molecule has 0 saturated carbocycles. The molecule has 0 amide bonds. The molecule has 2 N–H and O–H groups in total. The summed E-state index contributed by atoms with van der Waals surface area (Å²) in [5.74, 6) is 0. The molecule has 112 valence electrons. The summed E-state index contributed by atoms with van der Waals surface area (Å²) >= 11 is 1.69. The van der Waals surface area contributed by atoms with Gasteiger partial charge in [-0.25, -0.2) is 9.67 Å². The van der Waals surface area contributed by atoms with E-state index in [4.69, 9.17) is 9.47 Å². The number of aromatic nitrogens is 3. The van der Waals surface area contributed by atoms with Crippen molar-refractivity contribution in [3.8, 4) is 0 Å². The van der Waals surface area contributed by atoms with E-state index >= 15 is 0 Å². The van der Waals surface area contributed by atoms with Crippen molar-refractivity contribution in [3.63, 3.8) is 0 Å². The molecule has 0 radical (unpaired) electrons. The Bertz CT molecular complexity index is 576. The Morgan fingerprint density at radius 1 is 1.52 bits per heavy atom. The smallest absolute Gasteiger partial charge is 0.183 e. The van der Waals surface area contributed by atoms with Crippen LogP contribution in [0, 0.1) is 0 Å². The summed E-state index contributed by atoms with van der Waals surface area (Å²) in [5, 5.41) is 20.2. The van der Waals surface area contributed by atoms with Crippen molar-refractivity contribution in [2.24, 2.45) is 0 Å². The quantitative estimate of drug-likeness (QED) is 0.837. The maximum Gasteiger partial charge on any atom is 0.183 e. The lowest BCUT2D eigenvalue weighted by atomic mass is 9.96. The minimum Gasteiger partial charge on any atom is -0.389 e. The van der Waals surface area contributed by atoms with E-state index in [0.29, 0.717) is 13.2 Å². The molecular weight excluding hydrogens is 292 g/mol. The van der Waals surface area contributed by atoms with Crippen molar-refractivity contribution in [1.82, 2.24) is 20.1 Å². The Labute approximate surface area is 125 Å². The van der Waals surface area contributed by atoms with Crippen LogP contribution in [-0.2, 0) is 16.0 Å². The molecule has 0 aliphatic carbocycles. The van der Waals surface area contributed by atoms with Gasteiger partial charge >= 0.3 is 0 Å². The van der Waals surface area contributed by atoms with E-state index in [2.05, 4.69) is 21.5 Å². The predicted octanol–water partition coefficient (Wildman–Crippen LogP) is 0.155. The highest BCUT2D eigenvalue weighted by Crippen LogP contribution is 2.35. The van der Waals surface area contributed by atoms with Crippen molar-refractivity contribution in [1.29, 1.82) is 0 Å². The second-order valence-corrected chi connectivity index (χ2v) is 6.25. The van der Waals surface area contributed by atoms with Crippen LogP contribution in [0.1, 0.15) is 10.9 Å². The minimum absolute atomic E-state index is 0.135. The van der Waals surface area contributed by atoms with Crippen molar-refractivity contribution < 1.29 is 14.6 Å². The monoisotopic (exact) mass is 308 g/mol. The van der Waals surface area contributed by atoms with E-state index in [1.165, 1.54) is 11.2 Å². The van der Waals surface area contributed by atoms with Crippen LogP contribution < -0.4 is 5.32 Å². The highest BCUT2D eigenvalue weighted by Gasteiger charge is 2.51. The normalized spacial score (nSPS) is 35.2. The standard InChI is InChI=1S/C13H16N4O3S/c18-12-10(15-4-8-2-1-3-21-8)9-5-19-13(20-9)11(12)17-7-14-6-16-17/h1-3,6-7,9-13,15,18H,4-5H2. The molecule has 2 fully saturated rings. The van der Waals surface area contributed by atoms with Gasteiger partial charge in [0.1, 0.15) is 24.8 Å². The van der Waals surface area contributed by atoms with Crippen LogP contribution >= 0.6 is 11.3 Å². The van der Waals surface area contributed by atoms with Crippen molar-refractivity contribution in [2.45, 2.75) is 37.1 Å². The Morgan fingerprint density at radius 2 is 2.48 bits per heavy atom. The van der Waals surface area contributed by atoms with E-state index in [1.807, 2.05) is 11.4 Å². The van der Waals surface area contributed by atoms with Gasteiger partial charge in [0.05, 0.1) is 18.8 Å². The number of aliphatic hydroxyl groups is 1. The molecule has 5 unspecified atom stereocenters. The first-order valence-corrected chi connectivity index (χ1v) is 7.76. The van der Waals surface area contributed by atoms with E-state index in [9.17, 15) is 5.11 Å². The molecule has 0 aromatic carbocycles. The average molecular weight is 308 g/mol. The maximum atomic E-state index is 10.7. The van der Waals surface area contributed by atoms with Gasteiger partial charge < -0.3 is 19.9 Å². The summed E-state index contributed by atoms with van der Waals surface area (Å²) in [4.78, 5) is 5.16. The molecule has 8 heteroatoms. The lowest BCUT2D eigenvalue weighted by molar-refractivity contribution is -0.168. The molecule has 2 aromatic heterocycles. The third-order valence-corrected chi connectivity index (χ3v) is 4.84. The summed E-state index contributed by atoms with van der Waals surface area (Å²) in [6.07, 6.45) is 1.78. The third kappa shape index (κ3) is 2.39. The SMILES string of the molecule is OC1C(NCc2cccs2)C2COC(O2)C1n1cncn1. The second kappa shape index (κ2) is 5.47. The zero-order valence-corrected chi connectivity index (χ0v) is 12.0. The van der Waals surface area contributed by atoms with Crippen LogP contribution in [0.15, 0.2) is 30.2 Å². The topological polar surface area (TPSA) is 81.4 Å². The van der Waals surface area contributed by atoms with Gasteiger partial charge in [0.2, 0.25) is 0 Å². The largest absolute Gasteiger partial charge is 0.389 e. The third-order valence-electron chi connectivity index (χ3n) is 3.97. The molecular formula is C13H16N4O3S. The maximum absolute atomic E-state index is 10.7. The molecule has 2 aliphatic rings. The Hall–Kier alpha value is -1.32. The van der Waals surface area contributed by atoms with Crippen molar-refractivity contribution in [3.05, 3.63) is 35.0 Å². The van der Waals surface area contributed by atoms with E-state index in [0.717, 1.165) is 0 Å². The van der Waals surface area contributed by atoms with Crippen LogP contribution in [0.2, 0.25) is 0 Å². The summed E-state index contributed by atoms with van der Waals surface area (Å²) in [6.45, 7) is 1.18. The number of ether oxygens (including phenoxy) is 2. The zero-order chi connectivity index (χ0) is 14.2. The number of nitrogens with zero attached hydrogens (tertiary/aromatic N) is 3. The van der Waals surface area contributed by atoms with Crippen molar-refractivity contribution >= 4 is 11.3 Å². The first-order chi connectivity index (χ1) is 10.3. The van der Waals surface area contributed by atoms with Crippen LogP contribution in [0.5, 0.6) is 0 Å². The van der Waals surface area contributed by atoms with Gasteiger partial charge in [-0.15, -0.1) is 11.3 Å². The van der Waals surface area contributed by atoms with Crippen LogP contribution in [-0.4, -0.2) is 51.0 Å². The molecule has 4 heterocycles. The number of hydrogen-bond acceptors (Lipinski definition) is 7. The molecule has 0 spiro atoms. The van der Waals surface area contributed by atoms with Crippen LogP contribution in [0.4, 0.5) is 0 Å². The van der Waals surface area contributed by atoms with Gasteiger partial charge in [-0.2, -0.15) is 5.10 Å². The molecule has 5 atom stereocenters. The van der Waals surface area contributed by atoms with Crippen LogP contribution in [0.3, 0.4) is 0 Å². The fourth-order valence-electron chi connectivity index (χ4n) is 2.94. The lowest BCUT2D eigenvalue weighted by Gasteiger charge is -2.38. The van der Waals surface area contributed by atoms with E-state index in [-0.39, 0.29) is 18.2 Å². The summed E-state index contributed by atoms with van der Waals surface area (Å²) in [7, 11) is 0. The summed E-state index contributed by atoms with van der Waals surface area (Å²) in [5.41, 5.74) is 0. The summed E-state index contributed by atoms with van der Waals surface area (Å²) < 4.78 is 13.1. The fraction of sp³-hybridized carbons (Fsp3) is 0.538. The average Bonchev–Trinajstić information content (AvgIpc) is 3.20. The van der Waals surface area contributed by atoms with E-state index < -0.39 is 12.4 Å². The van der Waals surface area contributed by atoms with Crippen LogP contribution in [0.25, 0.3) is 0 Å². The van der Waals surface area contributed by atoms with Gasteiger partial charge in [-0.3, -0.25) is 0 Å². The Morgan fingerprint density at radius 3 is 3.24 bits per heavy atom. The van der Waals surface area contributed by atoms with Crippen molar-refractivity contribution in [2.75, 3.05) is 6.61 Å². The number of fused-ring (bicyclic) bond motifs is 2. The number of rotatable bonds is 4. The highest BCUT2D eigenvalue weighted by molar-refractivity contribution is 7.09.